The Bertz CT molecular complexity index is 482. The highest BCUT2D eigenvalue weighted by atomic mass is 16.5. The number of anilines is 1. The van der Waals surface area contributed by atoms with Crippen molar-refractivity contribution < 1.29 is 9.53 Å². The number of methoxy groups -OCH3 is 1. The van der Waals surface area contributed by atoms with Gasteiger partial charge in [-0.25, -0.2) is 4.98 Å². The zero-order valence-electron chi connectivity index (χ0n) is 11.7. The Morgan fingerprint density at radius 2 is 2.10 bits per heavy atom. The molecule has 6 nitrogen and oxygen atoms in total. The maximum absolute atomic E-state index is 12.0. The van der Waals surface area contributed by atoms with Gasteiger partial charge < -0.3 is 15.0 Å². The molecule has 0 spiro atoms. The minimum absolute atomic E-state index is 0.137. The van der Waals surface area contributed by atoms with Gasteiger partial charge in [-0.3, -0.25) is 4.79 Å². The molecule has 2 heterocycles. The van der Waals surface area contributed by atoms with Crippen LogP contribution in [0.25, 0.3) is 0 Å². The SMILES string of the molecule is COc1ccnc(N2CCC(C(=O)NC3CC3)CC2)n1. The van der Waals surface area contributed by atoms with Crippen molar-refractivity contribution in [3.8, 4) is 5.88 Å². The first-order chi connectivity index (χ1) is 9.76. The molecule has 1 aromatic heterocycles. The average Bonchev–Trinajstić information content (AvgIpc) is 3.31. The molecule has 3 rings (SSSR count). The molecule has 0 bridgehead atoms. The van der Waals surface area contributed by atoms with Crippen molar-refractivity contribution in [3.05, 3.63) is 12.3 Å². The second kappa shape index (κ2) is 5.64. The Morgan fingerprint density at radius 1 is 1.35 bits per heavy atom. The van der Waals surface area contributed by atoms with E-state index in [-0.39, 0.29) is 11.8 Å². The van der Waals surface area contributed by atoms with Gasteiger partial charge >= 0.3 is 0 Å². The Morgan fingerprint density at radius 3 is 2.75 bits per heavy atom. The summed E-state index contributed by atoms with van der Waals surface area (Å²) in [6.45, 7) is 1.63. The van der Waals surface area contributed by atoms with Crippen LogP contribution in [0.3, 0.4) is 0 Å². The Kier molecular flexibility index (Phi) is 3.71. The summed E-state index contributed by atoms with van der Waals surface area (Å²) in [5.41, 5.74) is 0. The predicted octanol–water partition coefficient (Wildman–Crippen LogP) is 0.980. The molecule has 2 aliphatic rings. The number of nitrogens with zero attached hydrogens (tertiary/aromatic N) is 3. The van der Waals surface area contributed by atoms with Crippen molar-refractivity contribution in [2.75, 3.05) is 25.1 Å². The van der Waals surface area contributed by atoms with Crippen LogP contribution in [0.15, 0.2) is 12.3 Å². The van der Waals surface area contributed by atoms with Gasteiger partial charge in [0.05, 0.1) is 7.11 Å². The highest BCUT2D eigenvalue weighted by molar-refractivity contribution is 5.79. The molecule has 20 heavy (non-hydrogen) atoms. The molecule has 1 saturated carbocycles. The first kappa shape index (κ1) is 13.1. The quantitative estimate of drug-likeness (QED) is 0.888. The van der Waals surface area contributed by atoms with Gasteiger partial charge in [-0.15, -0.1) is 0 Å². The number of carbonyl (C=O) groups is 1. The smallest absolute Gasteiger partial charge is 0.228 e. The number of ether oxygens (including phenoxy) is 1. The van der Waals surface area contributed by atoms with Crippen molar-refractivity contribution >= 4 is 11.9 Å². The third-order valence-electron chi connectivity index (χ3n) is 3.90. The number of nitrogens with one attached hydrogen (secondary N) is 1. The number of hydrogen-bond donors (Lipinski definition) is 1. The summed E-state index contributed by atoms with van der Waals surface area (Å²) < 4.78 is 5.11. The molecule has 1 aliphatic heterocycles. The lowest BCUT2D eigenvalue weighted by atomic mass is 9.96. The molecular weight excluding hydrogens is 256 g/mol. The second-order valence-electron chi connectivity index (χ2n) is 5.44. The van der Waals surface area contributed by atoms with Gasteiger partial charge in [-0.05, 0) is 25.7 Å². The summed E-state index contributed by atoms with van der Waals surface area (Å²) in [5, 5.41) is 3.09. The van der Waals surface area contributed by atoms with Crippen LogP contribution in [0, 0.1) is 5.92 Å². The minimum atomic E-state index is 0.137. The fraction of sp³-hybridized carbons (Fsp3) is 0.643. The lowest BCUT2D eigenvalue weighted by Crippen LogP contribution is -2.41. The van der Waals surface area contributed by atoms with Crippen molar-refractivity contribution in [2.45, 2.75) is 31.7 Å². The molecule has 1 aliphatic carbocycles. The molecular formula is C14H20N4O2. The van der Waals surface area contributed by atoms with Crippen molar-refractivity contribution in [1.82, 2.24) is 15.3 Å². The van der Waals surface area contributed by atoms with Crippen LogP contribution in [0.2, 0.25) is 0 Å². The number of piperidine rings is 1. The van der Waals surface area contributed by atoms with Crippen molar-refractivity contribution in [3.63, 3.8) is 0 Å². The maximum Gasteiger partial charge on any atom is 0.228 e. The molecule has 1 amide bonds. The highest BCUT2D eigenvalue weighted by Gasteiger charge is 2.30. The lowest BCUT2D eigenvalue weighted by molar-refractivity contribution is -0.125. The van der Waals surface area contributed by atoms with Crippen molar-refractivity contribution in [1.29, 1.82) is 0 Å². The molecule has 108 valence electrons. The normalized spacial score (nSPS) is 19.8. The third-order valence-corrected chi connectivity index (χ3v) is 3.90. The largest absolute Gasteiger partial charge is 0.481 e. The van der Waals surface area contributed by atoms with Crippen LogP contribution in [0.1, 0.15) is 25.7 Å². The summed E-state index contributed by atoms with van der Waals surface area (Å²) in [6.07, 6.45) is 5.70. The fourth-order valence-corrected chi connectivity index (χ4v) is 2.49. The van der Waals surface area contributed by atoms with E-state index in [1.165, 1.54) is 0 Å². The fourth-order valence-electron chi connectivity index (χ4n) is 2.49. The third kappa shape index (κ3) is 3.00. The molecule has 0 aromatic carbocycles. The molecule has 0 radical (unpaired) electrons. The number of amides is 1. The molecule has 2 fully saturated rings. The highest BCUT2D eigenvalue weighted by Crippen LogP contribution is 2.24. The van der Waals surface area contributed by atoms with E-state index in [4.69, 9.17) is 4.74 Å². The van der Waals surface area contributed by atoms with Crippen LogP contribution in [0.4, 0.5) is 5.95 Å². The van der Waals surface area contributed by atoms with Gasteiger partial charge in [0.2, 0.25) is 17.7 Å². The summed E-state index contributed by atoms with van der Waals surface area (Å²) in [4.78, 5) is 22.7. The Labute approximate surface area is 118 Å². The maximum atomic E-state index is 12.0. The Balaban J connectivity index is 1.55. The molecule has 0 unspecified atom stereocenters. The summed E-state index contributed by atoms with van der Waals surface area (Å²) in [6, 6.07) is 2.18. The van der Waals surface area contributed by atoms with E-state index in [1.807, 2.05) is 0 Å². The summed E-state index contributed by atoms with van der Waals surface area (Å²) in [5.74, 6) is 1.62. The zero-order valence-corrected chi connectivity index (χ0v) is 11.7. The van der Waals surface area contributed by atoms with E-state index in [9.17, 15) is 4.79 Å². The van der Waals surface area contributed by atoms with Gasteiger partial charge in [-0.1, -0.05) is 0 Å². The van der Waals surface area contributed by atoms with Gasteiger partial charge in [-0.2, -0.15) is 4.98 Å². The van der Waals surface area contributed by atoms with E-state index >= 15 is 0 Å². The van der Waals surface area contributed by atoms with Gasteiger partial charge in [0.1, 0.15) is 0 Å². The van der Waals surface area contributed by atoms with Crippen LogP contribution in [-0.2, 0) is 4.79 Å². The number of aromatic nitrogens is 2. The molecule has 0 atom stereocenters. The van der Waals surface area contributed by atoms with Crippen LogP contribution in [-0.4, -0.2) is 42.1 Å². The van der Waals surface area contributed by atoms with E-state index in [2.05, 4.69) is 20.2 Å². The predicted molar refractivity (Wildman–Crippen MR) is 74.7 cm³/mol. The van der Waals surface area contributed by atoms with Crippen LogP contribution >= 0.6 is 0 Å². The average molecular weight is 276 g/mol. The number of carbonyl (C=O) groups excluding carboxylic acids is 1. The van der Waals surface area contributed by atoms with E-state index in [0.717, 1.165) is 38.8 Å². The molecule has 1 N–H and O–H groups in total. The minimum Gasteiger partial charge on any atom is -0.481 e. The van der Waals surface area contributed by atoms with E-state index in [0.29, 0.717) is 17.9 Å². The topological polar surface area (TPSA) is 67.3 Å². The van der Waals surface area contributed by atoms with E-state index in [1.54, 1.807) is 19.4 Å². The summed E-state index contributed by atoms with van der Waals surface area (Å²) in [7, 11) is 1.60. The first-order valence-corrected chi connectivity index (χ1v) is 7.18. The second-order valence-corrected chi connectivity index (χ2v) is 5.44. The van der Waals surface area contributed by atoms with Gasteiger partial charge in [0.15, 0.2) is 0 Å². The zero-order chi connectivity index (χ0) is 13.9. The molecule has 1 saturated heterocycles. The van der Waals surface area contributed by atoms with Crippen molar-refractivity contribution in [2.24, 2.45) is 5.92 Å². The monoisotopic (exact) mass is 276 g/mol. The van der Waals surface area contributed by atoms with E-state index < -0.39 is 0 Å². The number of hydrogen-bond acceptors (Lipinski definition) is 5. The molecule has 1 aromatic rings. The number of rotatable bonds is 4. The molecule has 6 heteroatoms. The van der Waals surface area contributed by atoms with Crippen LogP contribution in [0.5, 0.6) is 5.88 Å². The summed E-state index contributed by atoms with van der Waals surface area (Å²) >= 11 is 0. The Hall–Kier alpha value is -1.85. The van der Waals surface area contributed by atoms with Gasteiger partial charge in [0, 0.05) is 37.3 Å². The first-order valence-electron chi connectivity index (χ1n) is 7.18. The van der Waals surface area contributed by atoms with Crippen LogP contribution < -0.4 is 15.0 Å². The lowest BCUT2D eigenvalue weighted by Gasteiger charge is -2.31. The van der Waals surface area contributed by atoms with Gasteiger partial charge in [0.25, 0.3) is 0 Å². The standard InChI is InChI=1S/C14H20N4O2/c1-20-12-4-7-15-14(17-12)18-8-5-10(6-9-18)13(19)16-11-2-3-11/h4,7,10-11H,2-3,5-6,8-9H2,1H3,(H,16,19).